The SMILES string of the molecule is O=C(O)C=Cc1ccc2c(c1)c(Cc1ccccc1)cn2-c1ccccc1. The number of hydrogen-bond donors (Lipinski definition) is 1. The summed E-state index contributed by atoms with van der Waals surface area (Å²) in [7, 11) is 0. The van der Waals surface area contributed by atoms with Gasteiger partial charge in [0.05, 0.1) is 5.52 Å². The van der Waals surface area contributed by atoms with E-state index in [1.165, 1.54) is 17.2 Å². The van der Waals surface area contributed by atoms with E-state index in [1.807, 2.05) is 42.5 Å². The summed E-state index contributed by atoms with van der Waals surface area (Å²) >= 11 is 0. The highest BCUT2D eigenvalue weighted by molar-refractivity contribution is 5.90. The lowest BCUT2D eigenvalue weighted by molar-refractivity contribution is -0.131. The first-order chi connectivity index (χ1) is 13.2. The topological polar surface area (TPSA) is 42.2 Å². The average molecular weight is 353 g/mol. The van der Waals surface area contributed by atoms with Gasteiger partial charge in [-0.3, -0.25) is 0 Å². The van der Waals surface area contributed by atoms with Crippen LogP contribution in [-0.4, -0.2) is 15.6 Å². The van der Waals surface area contributed by atoms with Gasteiger partial charge in [-0.05, 0) is 53.5 Å². The summed E-state index contributed by atoms with van der Waals surface area (Å²) in [4.78, 5) is 10.8. The molecule has 1 aromatic heterocycles. The molecule has 0 radical (unpaired) electrons. The van der Waals surface area contributed by atoms with E-state index in [0.29, 0.717) is 0 Å². The Balaban J connectivity index is 1.86. The van der Waals surface area contributed by atoms with E-state index in [1.54, 1.807) is 6.08 Å². The Morgan fingerprint density at radius 1 is 0.926 bits per heavy atom. The van der Waals surface area contributed by atoms with Gasteiger partial charge in [-0.2, -0.15) is 0 Å². The summed E-state index contributed by atoms with van der Waals surface area (Å²) < 4.78 is 2.19. The van der Waals surface area contributed by atoms with Gasteiger partial charge in [0.1, 0.15) is 0 Å². The molecule has 3 heteroatoms. The Kier molecular flexibility index (Phi) is 4.58. The number of nitrogens with zero attached hydrogens (tertiary/aromatic N) is 1. The summed E-state index contributed by atoms with van der Waals surface area (Å²) in [5.41, 5.74) is 5.56. The molecule has 4 rings (SSSR count). The number of carbonyl (C=O) groups is 1. The number of aliphatic carboxylic acids is 1. The fraction of sp³-hybridized carbons (Fsp3) is 0.0417. The highest BCUT2D eigenvalue weighted by atomic mass is 16.4. The van der Waals surface area contributed by atoms with Crippen LogP contribution in [0.2, 0.25) is 0 Å². The number of fused-ring (bicyclic) bond motifs is 1. The molecule has 0 spiro atoms. The fourth-order valence-electron chi connectivity index (χ4n) is 3.35. The van der Waals surface area contributed by atoms with Gasteiger partial charge in [0.2, 0.25) is 0 Å². The summed E-state index contributed by atoms with van der Waals surface area (Å²) in [5.74, 6) is -0.943. The van der Waals surface area contributed by atoms with Crippen LogP contribution in [0, 0.1) is 0 Å². The minimum atomic E-state index is -0.943. The number of carboxylic acids is 1. The Labute approximate surface area is 157 Å². The van der Waals surface area contributed by atoms with Gasteiger partial charge in [0, 0.05) is 23.3 Å². The van der Waals surface area contributed by atoms with E-state index < -0.39 is 5.97 Å². The summed E-state index contributed by atoms with van der Waals surface area (Å²) in [6.07, 6.45) is 5.81. The lowest BCUT2D eigenvalue weighted by Gasteiger charge is -2.05. The molecule has 0 bridgehead atoms. The third kappa shape index (κ3) is 3.67. The van der Waals surface area contributed by atoms with Crippen LogP contribution in [0.15, 0.2) is 91.1 Å². The Morgan fingerprint density at radius 3 is 2.33 bits per heavy atom. The second-order valence-corrected chi connectivity index (χ2v) is 6.47. The highest BCUT2D eigenvalue weighted by Crippen LogP contribution is 2.28. The lowest BCUT2D eigenvalue weighted by Crippen LogP contribution is -1.91. The predicted molar refractivity (Wildman–Crippen MR) is 109 cm³/mol. The molecule has 1 heterocycles. The van der Waals surface area contributed by atoms with Gasteiger partial charge in [0.25, 0.3) is 0 Å². The maximum Gasteiger partial charge on any atom is 0.328 e. The number of para-hydroxylation sites is 1. The first-order valence-corrected chi connectivity index (χ1v) is 8.85. The maximum absolute atomic E-state index is 10.8. The van der Waals surface area contributed by atoms with Crippen molar-refractivity contribution < 1.29 is 9.90 Å². The molecule has 0 saturated heterocycles. The van der Waals surface area contributed by atoms with Crippen molar-refractivity contribution in [3.63, 3.8) is 0 Å². The molecule has 0 aliphatic heterocycles. The van der Waals surface area contributed by atoms with Crippen LogP contribution >= 0.6 is 0 Å². The van der Waals surface area contributed by atoms with Crippen LogP contribution in [0.25, 0.3) is 22.7 Å². The Bertz CT molecular complexity index is 1110. The highest BCUT2D eigenvalue weighted by Gasteiger charge is 2.11. The third-order valence-electron chi connectivity index (χ3n) is 4.60. The van der Waals surface area contributed by atoms with Gasteiger partial charge >= 0.3 is 5.97 Å². The molecular formula is C24H19NO2. The molecule has 0 aliphatic carbocycles. The fourth-order valence-corrected chi connectivity index (χ4v) is 3.35. The van der Waals surface area contributed by atoms with Crippen molar-refractivity contribution in [3.8, 4) is 5.69 Å². The smallest absolute Gasteiger partial charge is 0.328 e. The first-order valence-electron chi connectivity index (χ1n) is 8.85. The van der Waals surface area contributed by atoms with E-state index in [9.17, 15) is 4.79 Å². The van der Waals surface area contributed by atoms with Crippen molar-refractivity contribution in [1.82, 2.24) is 4.57 Å². The number of carboxylic acid groups (broad SMARTS) is 1. The summed E-state index contributed by atoms with van der Waals surface area (Å²) in [6, 6.07) is 26.7. The molecule has 0 fully saturated rings. The van der Waals surface area contributed by atoms with Crippen molar-refractivity contribution in [3.05, 3.63) is 108 Å². The zero-order chi connectivity index (χ0) is 18.6. The first kappa shape index (κ1) is 16.9. The molecule has 132 valence electrons. The van der Waals surface area contributed by atoms with E-state index in [4.69, 9.17) is 5.11 Å². The maximum atomic E-state index is 10.8. The lowest BCUT2D eigenvalue weighted by atomic mass is 10.0. The molecule has 1 N–H and O–H groups in total. The van der Waals surface area contributed by atoms with Gasteiger partial charge in [-0.1, -0.05) is 54.6 Å². The number of benzene rings is 3. The molecule has 0 unspecified atom stereocenters. The number of aromatic nitrogens is 1. The van der Waals surface area contributed by atoms with E-state index in [-0.39, 0.29) is 0 Å². The molecule has 0 amide bonds. The monoisotopic (exact) mass is 353 g/mol. The Morgan fingerprint density at radius 2 is 1.63 bits per heavy atom. The Hall–Kier alpha value is -3.59. The molecule has 0 aliphatic rings. The summed E-state index contributed by atoms with van der Waals surface area (Å²) in [5, 5.41) is 10.0. The van der Waals surface area contributed by atoms with Crippen LogP contribution < -0.4 is 0 Å². The molecule has 3 nitrogen and oxygen atoms in total. The van der Waals surface area contributed by atoms with Gasteiger partial charge < -0.3 is 9.67 Å². The predicted octanol–water partition coefficient (Wildman–Crippen LogP) is 5.32. The van der Waals surface area contributed by atoms with Crippen molar-refractivity contribution in [2.75, 3.05) is 0 Å². The van der Waals surface area contributed by atoms with Crippen molar-refractivity contribution in [2.45, 2.75) is 6.42 Å². The van der Waals surface area contributed by atoms with Crippen LogP contribution in [0.3, 0.4) is 0 Å². The number of hydrogen-bond acceptors (Lipinski definition) is 1. The second-order valence-electron chi connectivity index (χ2n) is 6.47. The van der Waals surface area contributed by atoms with Crippen molar-refractivity contribution in [2.24, 2.45) is 0 Å². The van der Waals surface area contributed by atoms with Crippen LogP contribution in [0.4, 0.5) is 0 Å². The molecule has 27 heavy (non-hydrogen) atoms. The zero-order valence-corrected chi connectivity index (χ0v) is 14.7. The molecule has 0 saturated carbocycles. The number of rotatable bonds is 5. The van der Waals surface area contributed by atoms with Crippen LogP contribution in [-0.2, 0) is 11.2 Å². The van der Waals surface area contributed by atoms with Crippen molar-refractivity contribution in [1.29, 1.82) is 0 Å². The van der Waals surface area contributed by atoms with Gasteiger partial charge in [-0.25, -0.2) is 4.79 Å². The standard InChI is InChI=1S/C24H19NO2/c26-24(27)14-12-19-11-13-23-22(16-19)20(15-18-7-3-1-4-8-18)17-25(23)21-9-5-2-6-10-21/h1-14,16-17H,15H2,(H,26,27). The van der Waals surface area contributed by atoms with E-state index >= 15 is 0 Å². The van der Waals surface area contributed by atoms with Gasteiger partial charge in [-0.15, -0.1) is 0 Å². The molecule has 3 aromatic carbocycles. The van der Waals surface area contributed by atoms with E-state index in [0.717, 1.165) is 28.6 Å². The molecule has 4 aromatic rings. The van der Waals surface area contributed by atoms with Crippen LogP contribution in [0.5, 0.6) is 0 Å². The largest absolute Gasteiger partial charge is 0.478 e. The average Bonchev–Trinajstić information content (AvgIpc) is 3.06. The van der Waals surface area contributed by atoms with Crippen LogP contribution in [0.1, 0.15) is 16.7 Å². The zero-order valence-electron chi connectivity index (χ0n) is 14.7. The quantitative estimate of drug-likeness (QED) is 0.494. The van der Waals surface area contributed by atoms with Crippen molar-refractivity contribution >= 4 is 22.9 Å². The van der Waals surface area contributed by atoms with Gasteiger partial charge in [0.15, 0.2) is 0 Å². The minimum Gasteiger partial charge on any atom is -0.478 e. The molecular weight excluding hydrogens is 334 g/mol. The third-order valence-corrected chi connectivity index (χ3v) is 4.60. The summed E-state index contributed by atoms with van der Waals surface area (Å²) in [6.45, 7) is 0. The second kappa shape index (κ2) is 7.34. The normalized spacial score (nSPS) is 11.3. The molecule has 0 atom stereocenters. The minimum absolute atomic E-state index is 0.823. The van der Waals surface area contributed by atoms with E-state index in [2.05, 4.69) is 47.2 Å².